The van der Waals surface area contributed by atoms with E-state index in [0.717, 1.165) is 17.1 Å². The van der Waals surface area contributed by atoms with Crippen LogP contribution in [-0.4, -0.2) is 32.5 Å². The van der Waals surface area contributed by atoms with Crippen molar-refractivity contribution in [3.63, 3.8) is 0 Å². The van der Waals surface area contributed by atoms with Crippen molar-refractivity contribution in [2.24, 2.45) is 0 Å². The summed E-state index contributed by atoms with van der Waals surface area (Å²) >= 11 is 0. The van der Waals surface area contributed by atoms with Crippen LogP contribution in [0.5, 0.6) is 11.5 Å². The van der Waals surface area contributed by atoms with Gasteiger partial charge in [0.05, 0.1) is 20.8 Å². The zero-order valence-electron chi connectivity index (χ0n) is 9.12. The van der Waals surface area contributed by atoms with Crippen molar-refractivity contribution in [2.45, 2.75) is 6.54 Å². The predicted molar refractivity (Wildman–Crippen MR) is 58.3 cm³/mol. The van der Waals surface area contributed by atoms with Crippen molar-refractivity contribution >= 4 is 0 Å². The van der Waals surface area contributed by atoms with Crippen LogP contribution in [0.2, 0.25) is 0 Å². The Morgan fingerprint density at radius 3 is 2.67 bits per heavy atom. The average Bonchev–Trinajstić information content (AvgIpc) is 2.29. The van der Waals surface area contributed by atoms with Crippen molar-refractivity contribution in [3.05, 3.63) is 23.8 Å². The Balaban J connectivity index is 2.72. The lowest BCUT2D eigenvalue weighted by Gasteiger charge is -2.10. The number of hydrogen-bond acceptors (Lipinski definition) is 4. The van der Waals surface area contributed by atoms with Gasteiger partial charge in [-0.05, 0) is 18.2 Å². The number of ether oxygens (including phenoxy) is 2. The topological polar surface area (TPSA) is 50.7 Å². The second-order valence-corrected chi connectivity index (χ2v) is 3.08. The third-order valence-corrected chi connectivity index (χ3v) is 2.09. The molecule has 1 aromatic carbocycles. The first-order chi connectivity index (χ1) is 7.31. The monoisotopic (exact) mass is 211 g/mol. The summed E-state index contributed by atoms with van der Waals surface area (Å²) in [5, 5.41) is 11.7. The molecule has 2 N–H and O–H groups in total. The molecular weight excluding hydrogens is 194 g/mol. The summed E-state index contributed by atoms with van der Waals surface area (Å²) in [6, 6.07) is 5.65. The standard InChI is InChI=1S/C11H17NO3/c1-14-10-3-4-11(15-2)9(7-10)8-12-5-6-13/h3-4,7,12-13H,5-6,8H2,1-2H3. The van der Waals surface area contributed by atoms with Crippen LogP contribution in [0.25, 0.3) is 0 Å². The van der Waals surface area contributed by atoms with Gasteiger partial charge >= 0.3 is 0 Å². The van der Waals surface area contributed by atoms with E-state index in [1.165, 1.54) is 0 Å². The Hall–Kier alpha value is -1.26. The molecule has 0 aliphatic rings. The molecule has 0 aromatic heterocycles. The minimum Gasteiger partial charge on any atom is -0.497 e. The summed E-state index contributed by atoms with van der Waals surface area (Å²) in [5.41, 5.74) is 1.02. The highest BCUT2D eigenvalue weighted by Crippen LogP contribution is 2.23. The Bertz CT molecular complexity index is 302. The van der Waals surface area contributed by atoms with Crippen molar-refractivity contribution in [3.8, 4) is 11.5 Å². The van der Waals surface area contributed by atoms with Gasteiger partial charge in [-0.1, -0.05) is 0 Å². The molecule has 15 heavy (non-hydrogen) atoms. The minimum atomic E-state index is 0.131. The number of methoxy groups -OCH3 is 2. The number of rotatable bonds is 6. The van der Waals surface area contributed by atoms with Gasteiger partial charge in [-0.25, -0.2) is 0 Å². The maximum atomic E-state index is 8.65. The van der Waals surface area contributed by atoms with E-state index in [9.17, 15) is 0 Å². The van der Waals surface area contributed by atoms with Crippen LogP contribution >= 0.6 is 0 Å². The molecule has 0 aliphatic carbocycles. The lowest BCUT2D eigenvalue weighted by Crippen LogP contribution is -2.17. The fourth-order valence-corrected chi connectivity index (χ4v) is 1.32. The molecule has 1 aromatic rings. The Labute approximate surface area is 89.8 Å². The summed E-state index contributed by atoms with van der Waals surface area (Å²) < 4.78 is 10.3. The normalized spacial score (nSPS) is 10.1. The quantitative estimate of drug-likeness (QED) is 0.683. The smallest absolute Gasteiger partial charge is 0.123 e. The first-order valence-corrected chi connectivity index (χ1v) is 4.84. The van der Waals surface area contributed by atoms with E-state index in [4.69, 9.17) is 14.6 Å². The van der Waals surface area contributed by atoms with Gasteiger partial charge in [-0.15, -0.1) is 0 Å². The average molecular weight is 211 g/mol. The summed E-state index contributed by atoms with van der Waals surface area (Å²) in [7, 11) is 3.27. The molecule has 1 rings (SSSR count). The Morgan fingerprint density at radius 1 is 1.27 bits per heavy atom. The Kier molecular flexibility index (Phi) is 4.93. The van der Waals surface area contributed by atoms with E-state index < -0.39 is 0 Å². The van der Waals surface area contributed by atoms with Gasteiger partial charge in [0.2, 0.25) is 0 Å². The van der Waals surface area contributed by atoms with Gasteiger partial charge in [0.1, 0.15) is 11.5 Å². The summed E-state index contributed by atoms with van der Waals surface area (Å²) in [5.74, 6) is 1.62. The first kappa shape index (κ1) is 11.8. The largest absolute Gasteiger partial charge is 0.497 e. The van der Waals surface area contributed by atoms with Crippen molar-refractivity contribution in [1.82, 2.24) is 5.32 Å². The van der Waals surface area contributed by atoms with E-state index in [1.54, 1.807) is 14.2 Å². The van der Waals surface area contributed by atoms with Crippen LogP contribution in [0.3, 0.4) is 0 Å². The number of benzene rings is 1. The molecule has 0 bridgehead atoms. The second kappa shape index (κ2) is 6.27. The maximum absolute atomic E-state index is 8.65. The van der Waals surface area contributed by atoms with Crippen LogP contribution < -0.4 is 14.8 Å². The fraction of sp³-hybridized carbons (Fsp3) is 0.455. The van der Waals surface area contributed by atoms with Crippen molar-refractivity contribution in [1.29, 1.82) is 0 Å². The lowest BCUT2D eigenvalue weighted by atomic mass is 10.2. The minimum absolute atomic E-state index is 0.131. The number of aliphatic hydroxyl groups excluding tert-OH is 1. The van der Waals surface area contributed by atoms with E-state index in [-0.39, 0.29) is 6.61 Å². The van der Waals surface area contributed by atoms with E-state index >= 15 is 0 Å². The lowest BCUT2D eigenvalue weighted by molar-refractivity contribution is 0.291. The zero-order valence-corrected chi connectivity index (χ0v) is 9.12. The maximum Gasteiger partial charge on any atom is 0.123 e. The molecule has 0 saturated carbocycles. The summed E-state index contributed by atoms with van der Waals surface area (Å²) in [6.07, 6.45) is 0. The summed E-state index contributed by atoms with van der Waals surface area (Å²) in [6.45, 7) is 1.35. The predicted octanol–water partition coefficient (Wildman–Crippen LogP) is 0.786. The molecule has 4 nitrogen and oxygen atoms in total. The molecule has 0 unspecified atom stereocenters. The number of aliphatic hydroxyl groups is 1. The van der Waals surface area contributed by atoms with Gasteiger partial charge in [-0.3, -0.25) is 0 Å². The van der Waals surface area contributed by atoms with Gasteiger partial charge in [-0.2, -0.15) is 0 Å². The molecule has 4 heteroatoms. The SMILES string of the molecule is COc1ccc(OC)c(CNCCO)c1. The van der Waals surface area contributed by atoms with Crippen molar-refractivity contribution in [2.75, 3.05) is 27.4 Å². The third kappa shape index (κ3) is 3.42. The van der Waals surface area contributed by atoms with E-state index in [1.807, 2.05) is 18.2 Å². The second-order valence-electron chi connectivity index (χ2n) is 3.08. The Morgan fingerprint density at radius 2 is 2.07 bits per heavy atom. The molecule has 84 valence electrons. The molecule has 0 fully saturated rings. The molecule has 0 saturated heterocycles. The summed E-state index contributed by atoms with van der Waals surface area (Å²) in [4.78, 5) is 0. The zero-order chi connectivity index (χ0) is 11.1. The van der Waals surface area contributed by atoms with Crippen LogP contribution in [0.1, 0.15) is 5.56 Å². The molecule has 0 amide bonds. The molecule has 0 heterocycles. The first-order valence-electron chi connectivity index (χ1n) is 4.84. The van der Waals surface area contributed by atoms with Crippen molar-refractivity contribution < 1.29 is 14.6 Å². The molecular formula is C11H17NO3. The van der Waals surface area contributed by atoms with Gasteiger partial charge < -0.3 is 19.9 Å². The van der Waals surface area contributed by atoms with E-state index in [0.29, 0.717) is 13.1 Å². The molecule has 0 spiro atoms. The van der Waals surface area contributed by atoms with Crippen LogP contribution in [0, 0.1) is 0 Å². The highest BCUT2D eigenvalue weighted by atomic mass is 16.5. The van der Waals surface area contributed by atoms with Crippen LogP contribution in [-0.2, 0) is 6.54 Å². The van der Waals surface area contributed by atoms with Gasteiger partial charge in [0.15, 0.2) is 0 Å². The van der Waals surface area contributed by atoms with Gasteiger partial charge in [0, 0.05) is 18.7 Å². The highest BCUT2D eigenvalue weighted by molar-refractivity contribution is 5.40. The third-order valence-electron chi connectivity index (χ3n) is 2.09. The van der Waals surface area contributed by atoms with Crippen LogP contribution in [0.15, 0.2) is 18.2 Å². The number of nitrogens with one attached hydrogen (secondary N) is 1. The van der Waals surface area contributed by atoms with Gasteiger partial charge in [0.25, 0.3) is 0 Å². The number of hydrogen-bond donors (Lipinski definition) is 2. The van der Waals surface area contributed by atoms with E-state index in [2.05, 4.69) is 5.32 Å². The molecule has 0 radical (unpaired) electrons. The fourth-order valence-electron chi connectivity index (χ4n) is 1.32. The highest BCUT2D eigenvalue weighted by Gasteiger charge is 2.03. The molecule has 0 aliphatic heterocycles. The molecule has 0 atom stereocenters. The van der Waals surface area contributed by atoms with Crippen LogP contribution in [0.4, 0.5) is 0 Å².